The molecule has 0 saturated heterocycles. The zero-order valence-electron chi connectivity index (χ0n) is 8.05. The Bertz CT molecular complexity index is 545. The molecule has 1 aliphatic rings. The number of aryl methyl sites for hydroxylation is 1. The first kappa shape index (κ1) is 8.47. The molecular formula is C11H10N2O2. The largest absolute Gasteiger partial charge is 0.480 e. The Morgan fingerprint density at radius 1 is 1.47 bits per heavy atom. The Kier molecular flexibility index (Phi) is 1.59. The summed E-state index contributed by atoms with van der Waals surface area (Å²) in [6.45, 7) is 0. The van der Waals surface area contributed by atoms with Gasteiger partial charge >= 0.3 is 5.97 Å². The maximum atomic E-state index is 11.1. The lowest BCUT2D eigenvalue weighted by atomic mass is 10.2. The van der Waals surface area contributed by atoms with Crippen LogP contribution in [-0.2, 0) is 11.2 Å². The molecule has 0 radical (unpaired) electrons. The molecule has 3 rings (SSSR count). The minimum absolute atomic E-state index is 0.438. The third-order valence-electron chi connectivity index (χ3n) is 2.91. The van der Waals surface area contributed by atoms with Crippen molar-refractivity contribution in [2.24, 2.45) is 0 Å². The van der Waals surface area contributed by atoms with E-state index in [0.717, 1.165) is 23.3 Å². The van der Waals surface area contributed by atoms with Gasteiger partial charge in [-0.3, -0.25) is 0 Å². The molecule has 4 nitrogen and oxygen atoms in total. The molecule has 4 heteroatoms. The van der Waals surface area contributed by atoms with Crippen molar-refractivity contribution in [2.75, 3.05) is 0 Å². The summed E-state index contributed by atoms with van der Waals surface area (Å²) in [7, 11) is 0. The van der Waals surface area contributed by atoms with Crippen LogP contribution in [0.1, 0.15) is 18.3 Å². The van der Waals surface area contributed by atoms with E-state index in [0.29, 0.717) is 6.42 Å². The van der Waals surface area contributed by atoms with Gasteiger partial charge in [-0.15, -0.1) is 0 Å². The summed E-state index contributed by atoms with van der Waals surface area (Å²) >= 11 is 0. The van der Waals surface area contributed by atoms with Crippen LogP contribution in [-0.4, -0.2) is 20.6 Å². The van der Waals surface area contributed by atoms with Crippen molar-refractivity contribution in [1.29, 1.82) is 0 Å². The first-order valence-corrected chi connectivity index (χ1v) is 4.96. The van der Waals surface area contributed by atoms with Gasteiger partial charge in [-0.2, -0.15) is 0 Å². The number of carboxylic acid groups (broad SMARTS) is 1. The van der Waals surface area contributed by atoms with E-state index in [1.165, 1.54) is 0 Å². The number of fused-ring (bicyclic) bond motifs is 3. The van der Waals surface area contributed by atoms with Crippen molar-refractivity contribution in [3.63, 3.8) is 0 Å². The Morgan fingerprint density at radius 3 is 3.07 bits per heavy atom. The summed E-state index contributed by atoms with van der Waals surface area (Å²) in [5, 5.41) is 9.09. The number of hydrogen-bond acceptors (Lipinski definition) is 2. The molecule has 0 amide bonds. The van der Waals surface area contributed by atoms with E-state index < -0.39 is 12.0 Å². The Balaban J connectivity index is 2.29. The molecule has 0 aliphatic carbocycles. The molecule has 76 valence electrons. The number of carbonyl (C=O) groups is 1. The second-order valence-corrected chi connectivity index (χ2v) is 3.78. The van der Waals surface area contributed by atoms with Crippen molar-refractivity contribution in [2.45, 2.75) is 18.9 Å². The minimum Gasteiger partial charge on any atom is -0.480 e. The minimum atomic E-state index is -0.767. The molecule has 1 atom stereocenters. The second kappa shape index (κ2) is 2.82. The molecule has 0 spiro atoms. The maximum absolute atomic E-state index is 11.1. The summed E-state index contributed by atoms with van der Waals surface area (Å²) in [5.41, 5.74) is 1.82. The van der Waals surface area contributed by atoms with Gasteiger partial charge in [-0.25, -0.2) is 9.78 Å². The molecule has 1 aromatic heterocycles. The molecule has 0 bridgehead atoms. The van der Waals surface area contributed by atoms with Crippen LogP contribution >= 0.6 is 0 Å². The number of carboxylic acids is 1. The predicted molar refractivity (Wildman–Crippen MR) is 54.7 cm³/mol. The fourth-order valence-electron chi connectivity index (χ4n) is 2.25. The van der Waals surface area contributed by atoms with E-state index in [1.807, 2.05) is 28.8 Å². The van der Waals surface area contributed by atoms with E-state index in [2.05, 4.69) is 4.98 Å². The topological polar surface area (TPSA) is 55.1 Å². The Labute approximate surface area is 86.2 Å². The highest BCUT2D eigenvalue weighted by molar-refractivity contribution is 5.81. The summed E-state index contributed by atoms with van der Waals surface area (Å²) in [4.78, 5) is 15.5. The third kappa shape index (κ3) is 1.08. The number of nitrogens with zero attached hydrogens (tertiary/aromatic N) is 2. The first-order chi connectivity index (χ1) is 7.27. The molecule has 0 saturated carbocycles. The van der Waals surface area contributed by atoms with Gasteiger partial charge < -0.3 is 9.67 Å². The molecule has 2 heterocycles. The van der Waals surface area contributed by atoms with Crippen LogP contribution in [0.5, 0.6) is 0 Å². The first-order valence-electron chi connectivity index (χ1n) is 4.96. The SMILES string of the molecule is O=C(O)C1CCc2nc3ccccc3n21. The number of rotatable bonds is 1. The number of para-hydroxylation sites is 2. The van der Waals surface area contributed by atoms with E-state index in [4.69, 9.17) is 5.11 Å². The van der Waals surface area contributed by atoms with Crippen molar-refractivity contribution in [3.05, 3.63) is 30.1 Å². The average Bonchev–Trinajstić information content (AvgIpc) is 2.74. The standard InChI is InChI=1S/C11H10N2O2/c14-11(15)9-5-6-10-12-7-3-1-2-4-8(7)13(9)10/h1-4,9H,5-6H2,(H,14,15). The van der Waals surface area contributed by atoms with Crippen molar-refractivity contribution >= 4 is 17.0 Å². The average molecular weight is 202 g/mol. The van der Waals surface area contributed by atoms with Gasteiger partial charge in [0.2, 0.25) is 0 Å². The summed E-state index contributed by atoms with van der Waals surface area (Å²) in [6, 6.07) is 7.23. The third-order valence-corrected chi connectivity index (χ3v) is 2.91. The Morgan fingerprint density at radius 2 is 2.27 bits per heavy atom. The Hall–Kier alpha value is -1.84. The highest BCUT2D eigenvalue weighted by Gasteiger charge is 2.30. The van der Waals surface area contributed by atoms with Crippen molar-refractivity contribution in [3.8, 4) is 0 Å². The summed E-state index contributed by atoms with van der Waals surface area (Å²) in [5.74, 6) is 0.125. The zero-order chi connectivity index (χ0) is 10.4. The fraction of sp³-hybridized carbons (Fsp3) is 0.273. The maximum Gasteiger partial charge on any atom is 0.326 e. The lowest BCUT2D eigenvalue weighted by Crippen LogP contribution is -2.14. The van der Waals surface area contributed by atoms with Crippen molar-refractivity contribution < 1.29 is 9.90 Å². The van der Waals surface area contributed by atoms with Gasteiger partial charge in [0.1, 0.15) is 11.9 Å². The molecular weight excluding hydrogens is 192 g/mol. The van der Waals surface area contributed by atoms with Gasteiger partial charge in [0.05, 0.1) is 11.0 Å². The van der Waals surface area contributed by atoms with Crippen LogP contribution in [0.25, 0.3) is 11.0 Å². The summed E-state index contributed by atoms with van der Waals surface area (Å²) in [6.07, 6.45) is 1.41. The lowest BCUT2D eigenvalue weighted by molar-refractivity contribution is -0.140. The predicted octanol–water partition coefficient (Wildman–Crippen LogP) is 1.61. The highest BCUT2D eigenvalue weighted by Crippen LogP contribution is 2.30. The van der Waals surface area contributed by atoms with Gasteiger partial charge in [-0.05, 0) is 18.6 Å². The molecule has 15 heavy (non-hydrogen) atoms. The lowest BCUT2D eigenvalue weighted by Gasteiger charge is -2.08. The van der Waals surface area contributed by atoms with Crippen molar-refractivity contribution in [1.82, 2.24) is 9.55 Å². The van der Waals surface area contributed by atoms with Gasteiger partial charge in [0.15, 0.2) is 0 Å². The van der Waals surface area contributed by atoms with E-state index in [9.17, 15) is 4.79 Å². The van der Waals surface area contributed by atoms with Crippen LogP contribution in [0.3, 0.4) is 0 Å². The molecule has 1 aromatic carbocycles. The monoisotopic (exact) mass is 202 g/mol. The van der Waals surface area contributed by atoms with E-state index in [-0.39, 0.29) is 0 Å². The smallest absolute Gasteiger partial charge is 0.326 e. The van der Waals surface area contributed by atoms with Crippen LogP contribution in [0.2, 0.25) is 0 Å². The normalized spacial score (nSPS) is 19.3. The number of hydrogen-bond donors (Lipinski definition) is 1. The van der Waals surface area contributed by atoms with Crippen LogP contribution in [0.15, 0.2) is 24.3 Å². The van der Waals surface area contributed by atoms with Crippen LogP contribution in [0, 0.1) is 0 Å². The highest BCUT2D eigenvalue weighted by atomic mass is 16.4. The van der Waals surface area contributed by atoms with Gasteiger partial charge in [-0.1, -0.05) is 12.1 Å². The zero-order valence-corrected chi connectivity index (χ0v) is 8.05. The fourth-order valence-corrected chi connectivity index (χ4v) is 2.25. The molecule has 1 unspecified atom stereocenters. The molecule has 0 fully saturated rings. The molecule has 1 N–H and O–H groups in total. The quantitative estimate of drug-likeness (QED) is 0.764. The number of benzene rings is 1. The van der Waals surface area contributed by atoms with Crippen LogP contribution < -0.4 is 0 Å². The number of aromatic nitrogens is 2. The van der Waals surface area contributed by atoms with Crippen LogP contribution in [0.4, 0.5) is 0 Å². The molecule has 2 aromatic rings. The summed E-state index contributed by atoms with van der Waals surface area (Å²) < 4.78 is 1.84. The van der Waals surface area contributed by atoms with Gasteiger partial charge in [0, 0.05) is 6.42 Å². The van der Waals surface area contributed by atoms with E-state index in [1.54, 1.807) is 0 Å². The number of aliphatic carboxylic acids is 1. The van der Waals surface area contributed by atoms with E-state index >= 15 is 0 Å². The second-order valence-electron chi connectivity index (χ2n) is 3.78. The number of imidazole rings is 1. The van der Waals surface area contributed by atoms with Gasteiger partial charge in [0.25, 0.3) is 0 Å². The molecule has 1 aliphatic heterocycles.